The lowest BCUT2D eigenvalue weighted by Crippen LogP contribution is -2.08. The molecular weight excluding hydrogens is 264 g/mol. The fraction of sp³-hybridized carbons (Fsp3) is 0.235. The van der Waals surface area contributed by atoms with Crippen molar-refractivity contribution in [1.82, 2.24) is 0 Å². The Morgan fingerprint density at radius 2 is 1.52 bits per heavy atom. The Bertz CT molecular complexity index is 589. The number of hydrogen-bond acceptors (Lipinski definition) is 4. The summed E-state index contributed by atoms with van der Waals surface area (Å²) in [6.45, 7) is 2.18. The third-order valence-electron chi connectivity index (χ3n) is 3.07. The van der Waals surface area contributed by atoms with E-state index in [9.17, 15) is 4.79 Å². The van der Waals surface area contributed by atoms with Gasteiger partial charge in [-0.1, -0.05) is 0 Å². The van der Waals surface area contributed by atoms with E-state index in [1.807, 2.05) is 38.4 Å². The Hall–Kier alpha value is -2.49. The SMILES string of the molecule is CCOC(=O)c1ccc(Nc2ccc(N(C)C)cc2)cc1. The van der Waals surface area contributed by atoms with Crippen LogP contribution in [0.3, 0.4) is 0 Å². The normalized spacial score (nSPS) is 10.0. The molecule has 0 aromatic heterocycles. The molecule has 2 rings (SSSR count). The summed E-state index contributed by atoms with van der Waals surface area (Å²) >= 11 is 0. The summed E-state index contributed by atoms with van der Waals surface area (Å²) in [4.78, 5) is 13.6. The lowest BCUT2D eigenvalue weighted by Gasteiger charge is -2.13. The van der Waals surface area contributed by atoms with Crippen molar-refractivity contribution in [3.05, 3.63) is 54.1 Å². The summed E-state index contributed by atoms with van der Waals surface area (Å²) < 4.78 is 4.96. The molecular formula is C17H20N2O2. The number of ether oxygens (including phenoxy) is 1. The Morgan fingerprint density at radius 3 is 2.00 bits per heavy atom. The molecule has 0 unspecified atom stereocenters. The van der Waals surface area contributed by atoms with Gasteiger partial charge < -0.3 is 15.0 Å². The first-order valence-electron chi connectivity index (χ1n) is 6.91. The largest absolute Gasteiger partial charge is 0.462 e. The molecule has 0 saturated carbocycles. The zero-order valence-corrected chi connectivity index (χ0v) is 12.6. The van der Waals surface area contributed by atoms with Crippen molar-refractivity contribution in [2.24, 2.45) is 0 Å². The van der Waals surface area contributed by atoms with E-state index < -0.39 is 0 Å². The van der Waals surface area contributed by atoms with Gasteiger partial charge in [0.15, 0.2) is 0 Å². The Morgan fingerprint density at radius 1 is 1.00 bits per heavy atom. The molecule has 0 aliphatic rings. The van der Waals surface area contributed by atoms with E-state index in [4.69, 9.17) is 4.74 Å². The number of anilines is 3. The first-order valence-corrected chi connectivity index (χ1v) is 6.91. The van der Waals surface area contributed by atoms with E-state index in [0.717, 1.165) is 17.1 Å². The van der Waals surface area contributed by atoms with Crippen molar-refractivity contribution >= 4 is 23.0 Å². The highest BCUT2D eigenvalue weighted by molar-refractivity contribution is 5.89. The average Bonchev–Trinajstić information content (AvgIpc) is 2.49. The molecule has 2 aromatic rings. The van der Waals surface area contributed by atoms with Crippen LogP contribution in [0.2, 0.25) is 0 Å². The average molecular weight is 284 g/mol. The van der Waals surface area contributed by atoms with Crippen LogP contribution in [0, 0.1) is 0 Å². The molecule has 0 atom stereocenters. The summed E-state index contributed by atoms with van der Waals surface area (Å²) in [6.07, 6.45) is 0. The minimum atomic E-state index is -0.292. The Balaban J connectivity index is 2.04. The van der Waals surface area contributed by atoms with Gasteiger partial charge in [0.05, 0.1) is 12.2 Å². The summed E-state index contributed by atoms with van der Waals surface area (Å²) in [5, 5.41) is 3.30. The van der Waals surface area contributed by atoms with Crippen molar-refractivity contribution in [2.75, 3.05) is 30.9 Å². The maximum Gasteiger partial charge on any atom is 0.338 e. The summed E-state index contributed by atoms with van der Waals surface area (Å²) in [5.41, 5.74) is 3.65. The zero-order valence-electron chi connectivity index (χ0n) is 12.6. The number of esters is 1. The van der Waals surface area contributed by atoms with E-state index in [2.05, 4.69) is 22.3 Å². The molecule has 4 nitrogen and oxygen atoms in total. The van der Waals surface area contributed by atoms with E-state index in [1.54, 1.807) is 19.1 Å². The highest BCUT2D eigenvalue weighted by atomic mass is 16.5. The van der Waals surface area contributed by atoms with Crippen LogP contribution >= 0.6 is 0 Å². The Kier molecular flexibility index (Phi) is 4.82. The van der Waals surface area contributed by atoms with Crippen LogP contribution < -0.4 is 10.2 Å². The number of benzene rings is 2. The van der Waals surface area contributed by atoms with Crippen LogP contribution in [0.4, 0.5) is 17.1 Å². The number of nitrogens with one attached hydrogen (secondary N) is 1. The molecule has 21 heavy (non-hydrogen) atoms. The van der Waals surface area contributed by atoms with Gasteiger partial charge in [-0.2, -0.15) is 0 Å². The van der Waals surface area contributed by atoms with Crippen molar-refractivity contribution in [1.29, 1.82) is 0 Å². The first-order chi connectivity index (χ1) is 10.1. The standard InChI is InChI=1S/C17H20N2O2/c1-4-21-17(20)13-5-7-14(8-6-13)18-15-9-11-16(12-10-15)19(2)3/h5-12,18H,4H2,1-3H3. The van der Waals surface area contributed by atoms with Gasteiger partial charge >= 0.3 is 5.97 Å². The predicted molar refractivity (Wildman–Crippen MR) is 86.5 cm³/mol. The van der Waals surface area contributed by atoms with Crippen LogP contribution in [-0.2, 0) is 4.74 Å². The fourth-order valence-corrected chi connectivity index (χ4v) is 1.91. The second-order valence-corrected chi connectivity index (χ2v) is 4.86. The van der Waals surface area contributed by atoms with E-state index in [1.165, 1.54) is 0 Å². The predicted octanol–water partition coefficient (Wildman–Crippen LogP) is 3.67. The monoisotopic (exact) mass is 284 g/mol. The van der Waals surface area contributed by atoms with E-state index in [-0.39, 0.29) is 5.97 Å². The molecule has 1 N–H and O–H groups in total. The van der Waals surface area contributed by atoms with Crippen LogP contribution in [-0.4, -0.2) is 26.7 Å². The van der Waals surface area contributed by atoms with Crippen molar-refractivity contribution in [3.63, 3.8) is 0 Å². The molecule has 0 bridgehead atoms. The second-order valence-electron chi connectivity index (χ2n) is 4.86. The molecule has 0 aliphatic heterocycles. The quantitative estimate of drug-likeness (QED) is 0.851. The van der Waals surface area contributed by atoms with Gasteiger partial charge in [-0.15, -0.1) is 0 Å². The van der Waals surface area contributed by atoms with Gasteiger partial charge in [0, 0.05) is 31.2 Å². The smallest absolute Gasteiger partial charge is 0.338 e. The number of rotatable bonds is 5. The lowest BCUT2D eigenvalue weighted by atomic mass is 10.2. The molecule has 0 aliphatic carbocycles. The topological polar surface area (TPSA) is 41.6 Å². The molecule has 0 fully saturated rings. The van der Waals surface area contributed by atoms with Gasteiger partial charge in [0.1, 0.15) is 0 Å². The lowest BCUT2D eigenvalue weighted by molar-refractivity contribution is 0.0526. The van der Waals surface area contributed by atoms with Gasteiger partial charge in [0.25, 0.3) is 0 Å². The number of carbonyl (C=O) groups is 1. The molecule has 110 valence electrons. The van der Waals surface area contributed by atoms with Gasteiger partial charge in [-0.3, -0.25) is 0 Å². The highest BCUT2D eigenvalue weighted by Crippen LogP contribution is 2.20. The van der Waals surface area contributed by atoms with E-state index in [0.29, 0.717) is 12.2 Å². The maximum absolute atomic E-state index is 11.6. The first kappa shape index (κ1) is 14.9. The molecule has 0 spiro atoms. The van der Waals surface area contributed by atoms with Crippen LogP contribution in [0.1, 0.15) is 17.3 Å². The number of nitrogens with zero attached hydrogens (tertiary/aromatic N) is 1. The van der Waals surface area contributed by atoms with Gasteiger partial charge in [0.2, 0.25) is 0 Å². The molecule has 2 aromatic carbocycles. The highest BCUT2D eigenvalue weighted by Gasteiger charge is 2.05. The summed E-state index contributed by atoms with van der Waals surface area (Å²) in [7, 11) is 4.02. The molecule has 0 saturated heterocycles. The van der Waals surface area contributed by atoms with Gasteiger partial charge in [-0.05, 0) is 55.5 Å². The third-order valence-corrected chi connectivity index (χ3v) is 3.07. The zero-order chi connectivity index (χ0) is 15.2. The molecule has 0 amide bonds. The third kappa shape index (κ3) is 3.99. The minimum absolute atomic E-state index is 0.292. The molecule has 0 heterocycles. The molecule has 0 radical (unpaired) electrons. The summed E-state index contributed by atoms with van der Waals surface area (Å²) in [5.74, 6) is -0.292. The second kappa shape index (κ2) is 6.79. The van der Waals surface area contributed by atoms with Crippen molar-refractivity contribution in [2.45, 2.75) is 6.92 Å². The summed E-state index contributed by atoms with van der Waals surface area (Å²) in [6, 6.07) is 15.4. The molecule has 4 heteroatoms. The van der Waals surface area contributed by atoms with E-state index >= 15 is 0 Å². The van der Waals surface area contributed by atoms with Crippen LogP contribution in [0.15, 0.2) is 48.5 Å². The van der Waals surface area contributed by atoms with Crippen molar-refractivity contribution in [3.8, 4) is 0 Å². The Labute approximate surface area is 125 Å². The minimum Gasteiger partial charge on any atom is -0.462 e. The number of hydrogen-bond donors (Lipinski definition) is 1. The maximum atomic E-state index is 11.6. The van der Waals surface area contributed by atoms with Crippen LogP contribution in [0.5, 0.6) is 0 Å². The van der Waals surface area contributed by atoms with Crippen molar-refractivity contribution < 1.29 is 9.53 Å². The van der Waals surface area contributed by atoms with Gasteiger partial charge in [-0.25, -0.2) is 4.79 Å². The number of carbonyl (C=O) groups excluding carboxylic acids is 1. The van der Waals surface area contributed by atoms with Crippen LogP contribution in [0.25, 0.3) is 0 Å². The fourth-order valence-electron chi connectivity index (χ4n) is 1.91.